The Hall–Kier alpha value is -7.24. The van der Waals surface area contributed by atoms with Crippen molar-refractivity contribution in [2.24, 2.45) is 28.8 Å². The van der Waals surface area contributed by atoms with Crippen LogP contribution in [0.5, 0.6) is 34.5 Å². The first-order valence-electron chi connectivity index (χ1n) is 25.3. The largest absolute Gasteiger partial charge is 0.493 e. The third kappa shape index (κ3) is 17.2. The number of anilines is 1. The van der Waals surface area contributed by atoms with Crippen molar-refractivity contribution in [3.63, 3.8) is 0 Å². The van der Waals surface area contributed by atoms with Gasteiger partial charge in [-0.05, 0) is 148 Å². The third-order valence-electron chi connectivity index (χ3n) is 12.7. The zero-order valence-electron chi connectivity index (χ0n) is 41.6. The van der Waals surface area contributed by atoms with Gasteiger partial charge >= 0.3 is 23.9 Å². The zero-order valence-corrected chi connectivity index (χ0v) is 42.5. The van der Waals surface area contributed by atoms with E-state index in [0.717, 1.165) is 53.6 Å². The monoisotopic (exact) mass is 1030 g/mol. The first kappa shape index (κ1) is 54.5. The number of nitrogens with zero attached hydrogens (tertiary/aromatic N) is 3. The van der Waals surface area contributed by atoms with Crippen molar-refractivity contribution in [2.75, 3.05) is 57.8 Å². The normalized spacial score (nSPS) is 17.4. The van der Waals surface area contributed by atoms with Gasteiger partial charge in [0.1, 0.15) is 34.5 Å². The molecule has 0 radical (unpaired) electrons. The summed E-state index contributed by atoms with van der Waals surface area (Å²) in [4.78, 5) is 53.5. The number of benzene rings is 4. The van der Waals surface area contributed by atoms with Crippen LogP contribution in [0.1, 0.15) is 76.2 Å². The summed E-state index contributed by atoms with van der Waals surface area (Å²) in [7, 11) is 0. The summed E-state index contributed by atoms with van der Waals surface area (Å²) in [5, 5.41) is 17.2. The molecule has 0 saturated heterocycles. The maximum Gasteiger partial charge on any atom is 0.330 e. The molecule has 0 unspecified atom stereocenters. The van der Waals surface area contributed by atoms with E-state index < -0.39 is 11.9 Å². The second kappa shape index (κ2) is 28.9. The van der Waals surface area contributed by atoms with Crippen molar-refractivity contribution in [1.82, 2.24) is 4.98 Å². The highest BCUT2D eigenvalue weighted by molar-refractivity contribution is 7.22. The standard InChI is InChI=1S/C57H65N3O13S/c1-3-53(62)68-34-8-32-66-45-20-24-47(25-21-45)72-55(64)42-16-12-40(13-17-42)38-70-49-28-29-51(44(36-49)37-58-60(30-7-31-61)57-59-50-10-5-6-11-52(50)74-57)71-39-41-14-18-43(19-15-41)56(65)73-48-26-22-46(23-27-48)67-33-9-35-69-54(63)4-2/h3-6,10-11,20-29,36-37,40-43,61H,1-2,7-9,12-19,30-35,38-39H2/b58-37+. The van der Waals surface area contributed by atoms with E-state index in [9.17, 15) is 24.3 Å². The van der Waals surface area contributed by atoms with E-state index in [2.05, 4.69) is 13.2 Å². The summed E-state index contributed by atoms with van der Waals surface area (Å²) >= 11 is 1.53. The van der Waals surface area contributed by atoms with Crippen molar-refractivity contribution in [3.05, 3.63) is 122 Å². The van der Waals surface area contributed by atoms with E-state index in [1.54, 1.807) is 59.8 Å². The lowest BCUT2D eigenvalue weighted by atomic mass is 9.82. The first-order valence-corrected chi connectivity index (χ1v) is 26.1. The van der Waals surface area contributed by atoms with Crippen LogP contribution in [0.2, 0.25) is 0 Å². The molecular formula is C57H65N3O13S. The second-order valence-corrected chi connectivity index (χ2v) is 19.1. The number of hydrogen-bond acceptors (Lipinski definition) is 17. The summed E-state index contributed by atoms with van der Waals surface area (Å²) in [6.07, 6.45) is 11.5. The van der Waals surface area contributed by atoms with Gasteiger partial charge in [-0.1, -0.05) is 36.6 Å². The van der Waals surface area contributed by atoms with Gasteiger partial charge in [-0.3, -0.25) is 9.59 Å². The van der Waals surface area contributed by atoms with Crippen molar-refractivity contribution < 1.29 is 62.2 Å². The lowest BCUT2D eigenvalue weighted by Gasteiger charge is -2.28. The maximum atomic E-state index is 13.2. The molecular weight excluding hydrogens is 967 g/mol. The van der Waals surface area contributed by atoms with Gasteiger partial charge in [0.25, 0.3) is 0 Å². The van der Waals surface area contributed by atoms with Gasteiger partial charge < -0.3 is 43.0 Å². The fraction of sp³-hybridized carbons (Fsp3) is 0.404. The van der Waals surface area contributed by atoms with Gasteiger partial charge in [-0.25, -0.2) is 19.6 Å². The van der Waals surface area contributed by atoms with Crippen LogP contribution in [0.25, 0.3) is 10.2 Å². The van der Waals surface area contributed by atoms with Crippen LogP contribution in [-0.2, 0) is 28.7 Å². The topological polar surface area (TPSA) is 191 Å². The number of carbonyl (C=O) groups excluding carboxylic acids is 4. The second-order valence-electron chi connectivity index (χ2n) is 18.1. The number of ether oxygens (including phenoxy) is 8. The molecule has 17 heteroatoms. The first-order chi connectivity index (χ1) is 36.2. The molecule has 2 aliphatic rings. The molecule has 7 rings (SSSR count). The van der Waals surface area contributed by atoms with E-state index in [1.165, 1.54) is 11.3 Å². The van der Waals surface area contributed by atoms with Crippen LogP contribution < -0.4 is 33.4 Å². The van der Waals surface area contributed by atoms with Gasteiger partial charge in [-0.2, -0.15) is 5.10 Å². The molecule has 0 amide bonds. The number of aliphatic hydroxyl groups is 1. The fourth-order valence-corrected chi connectivity index (χ4v) is 9.44. The van der Waals surface area contributed by atoms with Crippen LogP contribution >= 0.6 is 11.3 Å². The lowest BCUT2D eigenvalue weighted by Crippen LogP contribution is -2.28. The predicted molar refractivity (Wildman–Crippen MR) is 281 cm³/mol. The highest BCUT2D eigenvalue weighted by Crippen LogP contribution is 2.35. The molecule has 4 aromatic carbocycles. The van der Waals surface area contributed by atoms with Gasteiger partial charge in [0.05, 0.1) is 67.9 Å². The summed E-state index contributed by atoms with van der Waals surface area (Å²) in [6.45, 7) is 9.36. The molecule has 16 nitrogen and oxygen atoms in total. The number of carbonyl (C=O) groups is 4. The highest BCUT2D eigenvalue weighted by atomic mass is 32.1. The smallest absolute Gasteiger partial charge is 0.330 e. The Balaban J connectivity index is 0.903. The SMILES string of the molecule is C=CC(=O)OCCCOc1ccc(OC(=O)C2CCC(COc3ccc(OCC4CCC(C(=O)Oc5ccc(OCCCOC(=O)C=C)cc5)CC4)c(/C=N/N(CCCO)c4nc5ccccc5s4)c3)CC2)cc1. The number of thiazole rings is 1. The number of aliphatic hydroxyl groups excluding tert-OH is 1. The Morgan fingerprint density at radius 2 is 1.14 bits per heavy atom. The number of esters is 4. The summed E-state index contributed by atoms with van der Waals surface area (Å²) in [5.41, 5.74) is 1.60. The van der Waals surface area contributed by atoms with Crippen LogP contribution in [0.15, 0.2) is 121 Å². The minimum Gasteiger partial charge on any atom is -0.493 e. The molecule has 0 bridgehead atoms. The Morgan fingerprint density at radius 1 is 0.622 bits per heavy atom. The van der Waals surface area contributed by atoms with Gasteiger partial charge in [0, 0.05) is 43.7 Å². The van der Waals surface area contributed by atoms with Crippen LogP contribution in [0, 0.1) is 23.7 Å². The molecule has 5 aromatic rings. The van der Waals surface area contributed by atoms with Crippen LogP contribution in [0.3, 0.4) is 0 Å². The number of rotatable bonds is 28. The molecule has 0 spiro atoms. The fourth-order valence-electron chi connectivity index (χ4n) is 8.49. The number of fused-ring (bicyclic) bond motifs is 1. The van der Waals surface area contributed by atoms with E-state index >= 15 is 0 Å². The van der Waals surface area contributed by atoms with E-state index in [1.807, 2.05) is 42.5 Å². The Bertz CT molecular complexity index is 2610. The molecule has 2 fully saturated rings. The van der Waals surface area contributed by atoms with Gasteiger partial charge in [0.15, 0.2) is 0 Å². The number of hydrogen-bond donors (Lipinski definition) is 1. The molecule has 1 heterocycles. The Labute approximate surface area is 435 Å². The Morgan fingerprint density at radius 3 is 1.66 bits per heavy atom. The minimum absolute atomic E-state index is 0.00535. The van der Waals surface area contributed by atoms with E-state index in [0.29, 0.717) is 118 Å². The Kier molecular flexibility index (Phi) is 21.3. The molecule has 0 aliphatic heterocycles. The average molecular weight is 1030 g/mol. The van der Waals surface area contributed by atoms with Crippen molar-refractivity contribution in [3.8, 4) is 34.5 Å². The third-order valence-corrected chi connectivity index (χ3v) is 13.7. The molecule has 2 saturated carbocycles. The minimum atomic E-state index is -0.469. The van der Waals surface area contributed by atoms with Crippen molar-refractivity contribution in [2.45, 2.75) is 70.6 Å². The molecule has 1 N–H and O–H groups in total. The van der Waals surface area contributed by atoms with Crippen LogP contribution in [-0.4, -0.2) is 93.0 Å². The van der Waals surface area contributed by atoms with E-state index in [-0.39, 0.29) is 55.4 Å². The number of para-hydroxylation sites is 1. The van der Waals surface area contributed by atoms with E-state index in [4.69, 9.17) is 48.0 Å². The van der Waals surface area contributed by atoms with Crippen molar-refractivity contribution >= 4 is 56.8 Å². The van der Waals surface area contributed by atoms with Gasteiger partial charge in [0.2, 0.25) is 5.13 Å². The molecule has 74 heavy (non-hydrogen) atoms. The van der Waals surface area contributed by atoms with Gasteiger partial charge in [-0.15, -0.1) is 0 Å². The summed E-state index contributed by atoms with van der Waals surface area (Å²) < 4.78 is 46.8. The van der Waals surface area contributed by atoms with Crippen LogP contribution in [0.4, 0.5) is 5.13 Å². The molecule has 392 valence electrons. The average Bonchev–Trinajstić information content (AvgIpc) is 3.87. The number of hydrazone groups is 1. The maximum absolute atomic E-state index is 13.2. The summed E-state index contributed by atoms with van der Waals surface area (Å²) in [5.74, 6) is 2.06. The molecule has 2 aliphatic carbocycles. The highest BCUT2D eigenvalue weighted by Gasteiger charge is 2.30. The zero-order chi connectivity index (χ0) is 51.9. The van der Waals surface area contributed by atoms with Crippen molar-refractivity contribution in [1.29, 1.82) is 0 Å². The molecule has 1 aromatic heterocycles. The summed E-state index contributed by atoms with van der Waals surface area (Å²) in [6, 6.07) is 27.5. The molecule has 0 atom stereocenters. The predicted octanol–water partition coefficient (Wildman–Crippen LogP) is 10.1. The lowest BCUT2D eigenvalue weighted by molar-refractivity contribution is -0.141. The number of aromatic nitrogens is 1. The quantitative estimate of drug-likeness (QED) is 0.0124.